The quantitative estimate of drug-likeness (QED) is 0.608. The van der Waals surface area contributed by atoms with Gasteiger partial charge >= 0.3 is 12.2 Å². The lowest BCUT2D eigenvalue weighted by molar-refractivity contribution is -0.00411. The van der Waals surface area contributed by atoms with Crippen LogP contribution in [0.3, 0.4) is 0 Å². The maximum atomic E-state index is 12.8. The second kappa shape index (κ2) is 11.5. The number of ether oxygens (including phenoxy) is 2. The van der Waals surface area contributed by atoms with Gasteiger partial charge in [-0.05, 0) is 66.4 Å². The molecule has 7 heteroatoms. The maximum absolute atomic E-state index is 12.8. The Morgan fingerprint density at radius 3 is 2.25 bits per heavy atom. The average molecular weight is 448 g/mol. The molecule has 1 saturated heterocycles. The van der Waals surface area contributed by atoms with Gasteiger partial charge in [-0.15, -0.1) is 0 Å². The third kappa shape index (κ3) is 9.90. The molecule has 1 N–H and O–H groups in total. The van der Waals surface area contributed by atoms with E-state index >= 15 is 0 Å². The van der Waals surface area contributed by atoms with Crippen molar-refractivity contribution in [3.63, 3.8) is 0 Å². The molecule has 0 radical (unpaired) electrons. The van der Waals surface area contributed by atoms with E-state index in [1.165, 1.54) is 5.56 Å². The molecule has 0 spiro atoms. The predicted octanol–water partition coefficient (Wildman–Crippen LogP) is 4.80. The lowest BCUT2D eigenvalue weighted by Crippen LogP contribution is -2.55. The first kappa shape index (κ1) is 26.0. The van der Waals surface area contributed by atoms with Gasteiger partial charge in [0.1, 0.15) is 11.2 Å². The Morgan fingerprint density at radius 2 is 1.62 bits per heavy atom. The molecule has 0 bridgehead atoms. The highest BCUT2D eigenvalue weighted by atomic mass is 16.6. The highest BCUT2D eigenvalue weighted by Crippen LogP contribution is 2.21. The maximum Gasteiger partial charge on any atom is 0.410 e. The minimum atomic E-state index is -0.514. The Hall–Kier alpha value is -2.28. The van der Waals surface area contributed by atoms with Crippen molar-refractivity contribution in [1.29, 1.82) is 0 Å². The van der Waals surface area contributed by atoms with Gasteiger partial charge in [-0.3, -0.25) is 4.90 Å². The monoisotopic (exact) mass is 447 g/mol. The second-order valence-electron chi connectivity index (χ2n) is 10.5. The molecule has 0 unspecified atom stereocenters. The molecule has 0 saturated carbocycles. The van der Waals surface area contributed by atoms with Crippen molar-refractivity contribution in [3.8, 4) is 0 Å². The Kier molecular flexibility index (Phi) is 9.37. The van der Waals surface area contributed by atoms with Crippen LogP contribution in [0.2, 0.25) is 0 Å². The first-order valence-corrected chi connectivity index (χ1v) is 11.7. The van der Waals surface area contributed by atoms with Crippen LogP contribution in [-0.4, -0.2) is 65.4 Å². The van der Waals surface area contributed by atoms with E-state index in [1.807, 2.05) is 52.5 Å². The second-order valence-corrected chi connectivity index (χ2v) is 10.5. The van der Waals surface area contributed by atoms with E-state index < -0.39 is 11.2 Å². The Morgan fingerprint density at radius 1 is 0.969 bits per heavy atom. The van der Waals surface area contributed by atoms with Gasteiger partial charge in [0.15, 0.2) is 0 Å². The van der Waals surface area contributed by atoms with Crippen molar-refractivity contribution >= 4 is 12.2 Å². The van der Waals surface area contributed by atoms with Crippen LogP contribution in [0.4, 0.5) is 9.59 Å². The zero-order valence-corrected chi connectivity index (χ0v) is 20.6. The number of nitrogens with one attached hydrogen (secondary N) is 1. The Labute approximate surface area is 193 Å². The summed E-state index contributed by atoms with van der Waals surface area (Å²) in [5, 5.41) is 2.81. The van der Waals surface area contributed by atoms with E-state index in [1.54, 1.807) is 0 Å². The van der Waals surface area contributed by atoms with E-state index in [-0.39, 0.29) is 18.2 Å². The lowest BCUT2D eigenvalue weighted by atomic mass is 10.0. The number of benzene rings is 1. The van der Waals surface area contributed by atoms with Crippen LogP contribution < -0.4 is 5.32 Å². The number of carbonyl (C=O) groups is 2. The summed E-state index contributed by atoms with van der Waals surface area (Å²) >= 11 is 0. The fraction of sp³-hybridized carbons (Fsp3) is 0.680. The van der Waals surface area contributed by atoms with E-state index in [4.69, 9.17) is 9.47 Å². The minimum absolute atomic E-state index is 0.0869. The number of carbonyl (C=O) groups excluding carboxylic acids is 2. The molecule has 0 aromatic heterocycles. The van der Waals surface area contributed by atoms with Gasteiger partial charge in [0.2, 0.25) is 0 Å². The van der Waals surface area contributed by atoms with Gasteiger partial charge in [0, 0.05) is 38.8 Å². The van der Waals surface area contributed by atoms with E-state index in [2.05, 4.69) is 34.5 Å². The number of rotatable bonds is 7. The zero-order chi connectivity index (χ0) is 23.8. The van der Waals surface area contributed by atoms with E-state index in [9.17, 15) is 9.59 Å². The molecule has 7 nitrogen and oxygen atoms in total. The molecule has 1 aromatic carbocycles. The van der Waals surface area contributed by atoms with Crippen molar-refractivity contribution in [1.82, 2.24) is 15.1 Å². The molecule has 1 aromatic rings. The van der Waals surface area contributed by atoms with Crippen LogP contribution in [0.1, 0.15) is 66.4 Å². The molecule has 1 aliphatic rings. The van der Waals surface area contributed by atoms with Gasteiger partial charge in [0.25, 0.3) is 0 Å². The van der Waals surface area contributed by atoms with Gasteiger partial charge in [0.05, 0.1) is 0 Å². The molecular weight excluding hydrogens is 406 g/mol. The SMILES string of the molecule is CC(C)(C)OC(=O)NCCCC[C@H]1CN(Cc2ccccc2)CCN1C(=O)OC(C)(C)C. The van der Waals surface area contributed by atoms with Crippen LogP contribution >= 0.6 is 0 Å². The summed E-state index contributed by atoms with van der Waals surface area (Å²) in [6, 6.07) is 10.5. The van der Waals surface area contributed by atoms with Crippen LogP contribution in [-0.2, 0) is 16.0 Å². The fourth-order valence-corrected chi connectivity index (χ4v) is 3.72. The summed E-state index contributed by atoms with van der Waals surface area (Å²) in [6.07, 6.45) is 1.96. The Bertz CT molecular complexity index is 725. The third-order valence-corrected chi connectivity index (χ3v) is 5.08. The van der Waals surface area contributed by atoms with Crippen LogP contribution in [0, 0.1) is 0 Å². The van der Waals surface area contributed by atoms with Gasteiger partial charge in [-0.1, -0.05) is 30.3 Å². The van der Waals surface area contributed by atoms with Gasteiger partial charge in [-0.25, -0.2) is 9.59 Å². The molecule has 1 heterocycles. The molecular formula is C25H41N3O4. The summed E-state index contributed by atoms with van der Waals surface area (Å²) in [4.78, 5) is 28.9. The fourth-order valence-electron chi connectivity index (χ4n) is 3.72. The molecule has 180 valence electrons. The Balaban J connectivity index is 1.89. The summed E-state index contributed by atoms with van der Waals surface area (Å²) in [5.41, 5.74) is 0.265. The highest BCUT2D eigenvalue weighted by Gasteiger charge is 2.33. The average Bonchev–Trinajstić information content (AvgIpc) is 2.66. The summed E-state index contributed by atoms with van der Waals surface area (Å²) in [5.74, 6) is 0. The molecule has 1 aliphatic heterocycles. The predicted molar refractivity (Wildman–Crippen MR) is 127 cm³/mol. The standard InChI is InChI=1S/C25H41N3O4/c1-24(2,3)31-22(29)26-15-11-10-14-21-19-27(18-20-12-8-7-9-13-20)16-17-28(21)23(30)32-25(4,5)6/h7-9,12-13,21H,10-11,14-19H2,1-6H3,(H,26,29)/t21-/m0/s1. The number of unbranched alkanes of at least 4 members (excludes halogenated alkanes) is 1. The number of alkyl carbamates (subject to hydrolysis) is 1. The topological polar surface area (TPSA) is 71.1 Å². The normalized spacial score (nSPS) is 17.7. The van der Waals surface area contributed by atoms with Crippen LogP contribution in [0.25, 0.3) is 0 Å². The van der Waals surface area contributed by atoms with Crippen LogP contribution in [0.15, 0.2) is 30.3 Å². The molecule has 2 amide bonds. The zero-order valence-electron chi connectivity index (χ0n) is 20.6. The first-order valence-electron chi connectivity index (χ1n) is 11.7. The van der Waals surface area contributed by atoms with Crippen molar-refractivity contribution in [2.24, 2.45) is 0 Å². The lowest BCUT2D eigenvalue weighted by Gasteiger charge is -2.42. The third-order valence-electron chi connectivity index (χ3n) is 5.08. The largest absolute Gasteiger partial charge is 0.444 e. The molecule has 1 fully saturated rings. The summed E-state index contributed by atoms with van der Waals surface area (Å²) in [6.45, 7) is 15.0. The molecule has 2 rings (SSSR count). The van der Waals surface area contributed by atoms with Crippen LogP contribution in [0.5, 0.6) is 0 Å². The number of amides is 2. The van der Waals surface area contributed by atoms with Gasteiger partial charge < -0.3 is 19.7 Å². The molecule has 0 aliphatic carbocycles. The van der Waals surface area contributed by atoms with E-state index in [0.29, 0.717) is 13.1 Å². The highest BCUT2D eigenvalue weighted by molar-refractivity contribution is 5.69. The smallest absolute Gasteiger partial charge is 0.410 e. The van der Waals surface area contributed by atoms with Gasteiger partial charge in [-0.2, -0.15) is 0 Å². The number of nitrogens with zero attached hydrogens (tertiary/aromatic N) is 2. The minimum Gasteiger partial charge on any atom is -0.444 e. The molecule has 32 heavy (non-hydrogen) atoms. The van der Waals surface area contributed by atoms with E-state index in [0.717, 1.165) is 38.9 Å². The van der Waals surface area contributed by atoms with Crippen molar-refractivity contribution in [2.75, 3.05) is 26.2 Å². The summed E-state index contributed by atoms with van der Waals surface area (Å²) in [7, 11) is 0. The number of hydrogen-bond donors (Lipinski definition) is 1. The van der Waals surface area contributed by atoms with Crippen molar-refractivity contribution in [3.05, 3.63) is 35.9 Å². The first-order chi connectivity index (χ1) is 14.9. The van der Waals surface area contributed by atoms with Crippen molar-refractivity contribution in [2.45, 2.75) is 84.6 Å². The molecule has 1 atom stereocenters. The number of piperazine rings is 1. The summed E-state index contributed by atoms with van der Waals surface area (Å²) < 4.78 is 10.9. The number of hydrogen-bond acceptors (Lipinski definition) is 5. The van der Waals surface area contributed by atoms with Crippen molar-refractivity contribution < 1.29 is 19.1 Å².